The highest BCUT2D eigenvalue weighted by Gasteiger charge is 2.35. The molecule has 1 aliphatic heterocycles. The Labute approximate surface area is 101 Å². The number of carbonyl (C=O) groups is 2. The van der Waals surface area contributed by atoms with E-state index in [1.54, 1.807) is 7.05 Å². The van der Waals surface area contributed by atoms with Crippen LogP contribution in [0.2, 0.25) is 0 Å². The SMILES string of the molecule is CCNC1COCC1C(=O)N(C)CCC(=O)O. The van der Waals surface area contributed by atoms with Crippen molar-refractivity contribution in [2.45, 2.75) is 19.4 Å². The maximum atomic E-state index is 12.1. The van der Waals surface area contributed by atoms with Gasteiger partial charge >= 0.3 is 5.97 Å². The molecule has 2 N–H and O–H groups in total. The fourth-order valence-electron chi connectivity index (χ4n) is 1.92. The molecule has 1 fully saturated rings. The number of carbonyl (C=O) groups excluding carboxylic acids is 1. The lowest BCUT2D eigenvalue weighted by atomic mass is 10.0. The van der Waals surface area contributed by atoms with Gasteiger partial charge in [-0.2, -0.15) is 0 Å². The smallest absolute Gasteiger partial charge is 0.305 e. The number of aliphatic carboxylic acids is 1. The molecule has 1 rings (SSSR count). The van der Waals surface area contributed by atoms with E-state index in [2.05, 4.69) is 5.32 Å². The Balaban J connectivity index is 2.47. The monoisotopic (exact) mass is 244 g/mol. The van der Waals surface area contributed by atoms with Crippen molar-refractivity contribution in [1.82, 2.24) is 10.2 Å². The Bertz CT molecular complexity index is 283. The van der Waals surface area contributed by atoms with Crippen molar-refractivity contribution in [3.8, 4) is 0 Å². The summed E-state index contributed by atoms with van der Waals surface area (Å²) in [6, 6.07) is 0.0415. The number of carboxylic acids is 1. The highest BCUT2D eigenvalue weighted by Crippen LogP contribution is 2.16. The lowest BCUT2D eigenvalue weighted by Gasteiger charge is -2.23. The Morgan fingerprint density at radius 2 is 2.18 bits per heavy atom. The number of amides is 1. The second-order valence-corrected chi connectivity index (χ2v) is 4.21. The second kappa shape index (κ2) is 6.56. The molecule has 0 bridgehead atoms. The number of hydrogen-bond acceptors (Lipinski definition) is 4. The minimum atomic E-state index is -0.893. The topological polar surface area (TPSA) is 78.9 Å². The van der Waals surface area contributed by atoms with Crippen LogP contribution in [0.4, 0.5) is 0 Å². The number of hydrogen-bond donors (Lipinski definition) is 2. The number of nitrogens with zero attached hydrogens (tertiary/aromatic N) is 1. The van der Waals surface area contributed by atoms with E-state index in [-0.39, 0.29) is 30.8 Å². The molecule has 0 aromatic carbocycles. The van der Waals surface area contributed by atoms with E-state index in [1.165, 1.54) is 4.90 Å². The van der Waals surface area contributed by atoms with Gasteiger partial charge in [0.25, 0.3) is 0 Å². The molecule has 0 aromatic rings. The molecule has 2 atom stereocenters. The Hall–Kier alpha value is -1.14. The maximum absolute atomic E-state index is 12.1. The first-order valence-electron chi connectivity index (χ1n) is 5.84. The zero-order valence-electron chi connectivity index (χ0n) is 10.3. The summed E-state index contributed by atoms with van der Waals surface area (Å²) in [7, 11) is 1.63. The van der Waals surface area contributed by atoms with E-state index in [4.69, 9.17) is 9.84 Å². The van der Waals surface area contributed by atoms with Crippen molar-refractivity contribution < 1.29 is 19.4 Å². The number of ether oxygens (including phenoxy) is 1. The second-order valence-electron chi connectivity index (χ2n) is 4.21. The van der Waals surface area contributed by atoms with Crippen LogP contribution in [0.1, 0.15) is 13.3 Å². The zero-order valence-corrected chi connectivity index (χ0v) is 10.3. The van der Waals surface area contributed by atoms with Crippen molar-refractivity contribution in [1.29, 1.82) is 0 Å². The molecule has 17 heavy (non-hydrogen) atoms. The van der Waals surface area contributed by atoms with E-state index in [0.717, 1.165) is 6.54 Å². The molecule has 1 amide bonds. The van der Waals surface area contributed by atoms with E-state index in [1.807, 2.05) is 6.92 Å². The molecule has 0 spiro atoms. The van der Waals surface area contributed by atoms with Crippen molar-refractivity contribution in [3.63, 3.8) is 0 Å². The van der Waals surface area contributed by atoms with Gasteiger partial charge in [-0.1, -0.05) is 6.92 Å². The van der Waals surface area contributed by atoms with Crippen molar-refractivity contribution in [2.75, 3.05) is 33.4 Å². The third-order valence-corrected chi connectivity index (χ3v) is 2.90. The first kappa shape index (κ1) is 13.9. The summed E-state index contributed by atoms with van der Waals surface area (Å²) in [5, 5.41) is 11.8. The first-order valence-corrected chi connectivity index (χ1v) is 5.84. The van der Waals surface area contributed by atoms with Crippen LogP contribution in [0.5, 0.6) is 0 Å². The molecule has 1 aliphatic rings. The van der Waals surface area contributed by atoms with Crippen LogP contribution in [0.25, 0.3) is 0 Å². The first-order chi connectivity index (χ1) is 8.06. The summed E-state index contributed by atoms with van der Waals surface area (Å²) < 4.78 is 5.29. The summed E-state index contributed by atoms with van der Waals surface area (Å²) in [4.78, 5) is 24.0. The lowest BCUT2D eigenvalue weighted by molar-refractivity contribution is -0.139. The van der Waals surface area contributed by atoms with E-state index < -0.39 is 5.97 Å². The van der Waals surface area contributed by atoms with Crippen molar-refractivity contribution >= 4 is 11.9 Å². The minimum absolute atomic E-state index is 0.0261. The molecule has 0 saturated carbocycles. The fourth-order valence-corrected chi connectivity index (χ4v) is 1.92. The average Bonchev–Trinajstić information content (AvgIpc) is 2.73. The molecule has 6 nitrogen and oxygen atoms in total. The number of nitrogens with one attached hydrogen (secondary N) is 1. The molecule has 1 heterocycles. The van der Waals surface area contributed by atoms with Crippen LogP contribution in [0.3, 0.4) is 0 Å². The van der Waals surface area contributed by atoms with Crippen LogP contribution in [0.15, 0.2) is 0 Å². The van der Waals surface area contributed by atoms with Crippen LogP contribution in [-0.4, -0.2) is 61.3 Å². The number of likely N-dealkylation sites (N-methyl/N-ethyl adjacent to an activating group) is 1. The van der Waals surface area contributed by atoms with Gasteiger partial charge in [0.15, 0.2) is 0 Å². The normalized spacial score (nSPS) is 23.6. The van der Waals surface area contributed by atoms with Crippen LogP contribution < -0.4 is 5.32 Å². The fraction of sp³-hybridized carbons (Fsp3) is 0.818. The molecule has 0 radical (unpaired) electrons. The summed E-state index contributed by atoms with van der Waals surface area (Å²) in [5.74, 6) is -1.14. The van der Waals surface area contributed by atoms with Gasteiger partial charge in [-0.15, -0.1) is 0 Å². The minimum Gasteiger partial charge on any atom is -0.481 e. The third kappa shape index (κ3) is 3.98. The predicted molar refractivity (Wildman–Crippen MR) is 61.7 cm³/mol. The number of rotatable bonds is 6. The summed E-state index contributed by atoms with van der Waals surface area (Å²) >= 11 is 0. The van der Waals surface area contributed by atoms with Gasteiger partial charge in [-0.3, -0.25) is 9.59 Å². The highest BCUT2D eigenvalue weighted by atomic mass is 16.5. The molecular formula is C11H20N2O4. The van der Waals surface area contributed by atoms with Crippen LogP contribution >= 0.6 is 0 Å². The van der Waals surface area contributed by atoms with Crippen LogP contribution in [0, 0.1) is 5.92 Å². The Morgan fingerprint density at radius 1 is 1.47 bits per heavy atom. The molecule has 2 unspecified atom stereocenters. The Morgan fingerprint density at radius 3 is 2.76 bits per heavy atom. The van der Waals surface area contributed by atoms with Gasteiger partial charge in [0, 0.05) is 19.6 Å². The highest BCUT2D eigenvalue weighted by molar-refractivity contribution is 5.80. The zero-order chi connectivity index (χ0) is 12.8. The molecule has 1 saturated heterocycles. The lowest BCUT2D eigenvalue weighted by Crippen LogP contribution is -2.45. The van der Waals surface area contributed by atoms with Gasteiger partial charge in [-0.25, -0.2) is 0 Å². The van der Waals surface area contributed by atoms with Crippen molar-refractivity contribution in [3.05, 3.63) is 0 Å². The molecule has 98 valence electrons. The third-order valence-electron chi connectivity index (χ3n) is 2.90. The average molecular weight is 244 g/mol. The number of carboxylic acid groups (broad SMARTS) is 1. The van der Waals surface area contributed by atoms with E-state index >= 15 is 0 Å². The van der Waals surface area contributed by atoms with E-state index in [0.29, 0.717) is 13.2 Å². The van der Waals surface area contributed by atoms with Gasteiger partial charge in [0.05, 0.1) is 25.6 Å². The predicted octanol–water partition coefficient (Wildman–Crippen LogP) is -0.456. The van der Waals surface area contributed by atoms with Gasteiger partial charge in [0.2, 0.25) is 5.91 Å². The van der Waals surface area contributed by atoms with Gasteiger partial charge < -0.3 is 20.1 Å². The standard InChI is InChI=1S/C11H20N2O4/c1-3-12-9-7-17-6-8(9)11(16)13(2)5-4-10(14)15/h8-9,12H,3-7H2,1-2H3,(H,14,15). The summed E-state index contributed by atoms with van der Waals surface area (Å²) in [6.07, 6.45) is -0.0261. The van der Waals surface area contributed by atoms with Crippen LogP contribution in [-0.2, 0) is 14.3 Å². The Kier molecular flexibility index (Phi) is 5.37. The molecule has 0 aliphatic carbocycles. The van der Waals surface area contributed by atoms with E-state index in [9.17, 15) is 9.59 Å². The van der Waals surface area contributed by atoms with Gasteiger partial charge in [-0.05, 0) is 6.54 Å². The van der Waals surface area contributed by atoms with Gasteiger partial charge in [0.1, 0.15) is 0 Å². The van der Waals surface area contributed by atoms with Crippen molar-refractivity contribution in [2.24, 2.45) is 5.92 Å². The molecule has 6 heteroatoms. The summed E-state index contributed by atoms with van der Waals surface area (Å²) in [5.41, 5.74) is 0. The maximum Gasteiger partial charge on any atom is 0.305 e. The quantitative estimate of drug-likeness (QED) is 0.661. The molecule has 0 aromatic heterocycles. The molecular weight excluding hydrogens is 224 g/mol. The largest absolute Gasteiger partial charge is 0.481 e. The summed E-state index contributed by atoms with van der Waals surface area (Å²) in [6.45, 7) is 3.96.